The van der Waals surface area contributed by atoms with Gasteiger partial charge in [-0.3, -0.25) is 14.4 Å². The molecule has 0 aromatic heterocycles. The van der Waals surface area contributed by atoms with Crippen molar-refractivity contribution in [3.8, 4) is 0 Å². The summed E-state index contributed by atoms with van der Waals surface area (Å²) < 4.78 is 6.20. The van der Waals surface area contributed by atoms with Gasteiger partial charge in [0.05, 0.1) is 16.9 Å². The summed E-state index contributed by atoms with van der Waals surface area (Å²) in [5.41, 5.74) is 1.64. The molecule has 5 saturated carbocycles. The normalized spacial score (nSPS) is 39.1. The summed E-state index contributed by atoms with van der Waals surface area (Å²) in [6, 6.07) is 0. The number of carbonyl (C=O) groups excluding carboxylic acids is 5. The second-order valence-electron chi connectivity index (χ2n) is 19.7. The highest BCUT2D eigenvalue weighted by atomic mass is 16.5. The first-order chi connectivity index (χ1) is 25.8. The molecule has 0 saturated heterocycles. The van der Waals surface area contributed by atoms with Crippen LogP contribution in [0.25, 0.3) is 0 Å². The van der Waals surface area contributed by atoms with E-state index in [1.54, 1.807) is 7.05 Å². The first-order valence-electron chi connectivity index (χ1n) is 21.8. The maximum absolute atomic E-state index is 13.2. The van der Waals surface area contributed by atoms with Crippen LogP contribution >= 0.6 is 0 Å². The summed E-state index contributed by atoms with van der Waals surface area (Å²) in [5.74, 6) is 2.68. The largest absolute Gasteiger partial charge is 0.462 e. The average molecular weight is 768 g/mol. The number of ether oxygens (including phenoxy) is 1. The van der Waals surface area contributed by atoms with E-state index in [4.69, 9.17) is 4.74 Å². The number of likely N-dealkylation sites (N-methyl/N-ethyl adjacent to an activating group) is 2. The zero-order valence-corrected chi connectivity index (χ0v) is 36.8. The molecule has 12 unspecified atom stereocenters. The lowest BCUT2D eigenvalue weighted by Gasteiger charge is -2.67. The molecule has 9 heteroatoms. The van der Waals surface area contributed by atoms with E-state index >= 15 is 0 Å². The number of carbonyl (C=O) groups is 5. The molecule has 312 valence electrons. The Morgan fingerprint density at radius 3 is 2.13 bits per heavy atom. The molecule has 0 radical (unpaired) electrons. The smallest absolute Gasteiger partial charge is 0.309 e. The highest BCUT2D eigenvalue weighted by Gasteiger charge is 2.65. The second kappa shape index (κ2) is 17.6. The Balaban J connectivity index is 0.000000383. The quantitative estimate of drug-likeness (QED) is 0.174. The maximum Gasteiger partial charge on any atom is 0.309 e. The average Bonchev–Trinajstić information content (AvgIpc) is 3.46. The standard InChI is InChI=1S/C35H50O5.C9H21N3O.C2H6/c1-19(2)30-27(38)16-35(18-37)14-10-26-23(31(30)35)7-8-29-33(5)13-11-28(21(4)25(33)9-12-34(26,29)6)40-32(39)24-15-22(17-36)20(24)3;1-9(2,10-3)8(13)11-6-7-12(4)5;1-2/h17-26,28-29H,7-16H2,1-6H3;10H,6-7H2,1-5H3,(H,11,13);1-2H3. The molecule has 0 bridgehead atoms. The fraction of sp³-hybridized carbons (Fsp3) is 0.848. The minimum atomic E-state index is -0.539. The van der Waals surface area contributed by atoms with Gasteiger partial charge in [-0.25, -0.2) is 0 Å². The van der Waals surface area contributed by atoms with Crippen LogP contribution in [0, 0.1) is 69.5 Å². The van der Waals surface area contributed by atoms with Crippen LogP contribution in [0.15, 0.2) is 11.1 Å². The zero-order valence-electron chi connectivity index (χ0n) is 36.8. The Morgan fingerprint density at radius 1 is 0.945 bits per heavy atom. The van der Waals surface area contributed by atoms with Crippen LogP contribution in [0.1, 0.15) is 133 Å². The third-order valence-electron chi connectivity index (χ3n) is 16.0. The summed E-state index contributed by atoms with van der Waals surface area (Å²) in [5, 5.41) is 5.82. The molecule has 6 aliphatic rings. The molecule has 0 aromatic carbocycles. The van der Waals surface area contributed by atoms with Gasteiger partial charge in [0.15, 0.2) is 5.78 Å². The number of rotatable bonds is 10. The van der Waals surface area contributed by atoms with Gasteiger partial charge in [0.2, 0.25) is 5.91 Å². The van der Waals surface area contributed by atoms with Crippen LogP contribution in [0.2, 0.25) is 0 Å². The molecule has 9 nitrogen and oxygen atoms in total. The van der Waals surface area contributed by atoms with Crippen LogP contribution in [0.5, 0.6) is 0 Å². The zero-order chi connectivity index (χ0) is 41.3. The first-order valence-corrected chi connectivity index (χ1v) is 21.8. The number of hydrogen-bond acceptors (Lipinski definition) is 8. The van der Waals surface area contributed by atoms with Gasteiger partial charge in [-0.05, 0) is 156 Å². The number of aldehydes is 2. The Labute approximate surface area is 333 Å². The van der Waals surface area contributed by atoms with E-state index in [0.29, 0.717) is 49.0 Å². The predicted octanol–water partition coefficient (Wildman–Crippen LogP) is 7.46. The lowest BCUT2D eigenvalue weighted by atomic mass is 9.38. The van der Waals surface area contributed by atoms with Crippen molar-refractivity contribution in [1.29, 1.82) is 0 Å². The van der Waals surface area contributed by atoms with Crippen LogP contribution in [0.4, 0.5) is 0 Å². The van der Waals surface area contributed by atoms with E-state index in [1.807, 2.05) is 53.6 Å². The summed E-state index contributed by atoms with van der Waals surface area (Å²) in [6.07, 6.45) is 11.6. The molecule has 0 aromatic rings. The molecular formula is C46H77N3O6. The van der Waals surface area contributed by atoms with Crippen molar-refractivity contribution in [2.24, 2.45) is 69.5 Å². The summed E-state index contributed by atoms with van der Waals surface area (Å²) in [7, 11) is 5.75. The van der Waals surface area contributed by atoms with E-state index in [-0.39, 0.29) is 58.3 Å². The lowest BCUT2D eigenvalue weighted by molar-refractivity contribution is -0.195. The number of allylic oxidation sites excluding steroid dienone is 2. The molecule has 0 spiro atoms. The van der Waals surface area contributed by atoms with Crippen molar-refractivity contribution < 1.29 is 28.7 Å². The predicted molar refractivity (Wildman–Crippen MR) is 219 cm³/mol. The Bertz CT molecular complexity index is 1450. The number of ketones is 1. The summed E-state index contributed by atoms with van der Waals surface area (Å²) in [4.78, 5) is 63.5. The summed E-state index contributed by atoms with van der Waals surface area (Å²) in [6.45, 7) is 22.9. The third-order valence-corrected chi connectivity index (χ3v) is 16.0. The van der Waals surface area contributed by atoms with Crippen molar-refractivity contribution in [2.75, 3.05) is 34.2 Å². The minimum absolute atomic E-state index is 0.00183. The van der Waals surface area contributed by atoms with Crippen molar-refractivity contribution in [1.82, 2.24) is 15.5 Å². The van der Waals surface area contributed by atoms with Gasteiger partial charge in [-0.15, -0.1) is 0 Å². The van der Waals surface area contributed by atoms with Crippen LogP contribution in [0.3, 0.4) is 0 Å². The molecule has 1 amide bonds. The van der Waals surface area contributed by atoms with Gasteiger partial charge in [0.25, 0.3) is 0 Å². The van der Waals surface area contributed by atoms with Gasteiger partial charge in [-0.2, -0.15) is 0 Å². The van der Waals surface area contributed by atoms with Crippen molar-refractivity contribution in [2.45, 2.75) is 145 Å². The van der Waals surface area contributed by atoms with E-state index in [1.165, 1.54) is 12.0 Å². The van der Waals surface area contributed by atoms with Gasteiger partial charge in [0, 0.05) is 25.4 Å². The van der Waals surface area contributed by atoms with E-state index in [0.717, 1.165) is 69.6 Å². The summed E-state index contributed by atoms with van der Waals surface area (Å²) >= 11 is 0. The van der Waals surface area contributed by atoms with E-state index in [2.05, 4.69) is 45.3 Å². The second-order valence-corrected chi connectivity index (χ2v) is 19.7. The van der Waals surface area contributed by atoms with E-state index < -0.39 is 11.0 Å². The minimum Gasteiger partial charge on any atom is -0.462 e. The fourth-order valence-electron chi connectivity index (χ4n) is 12.5. The van der Waals surface area contributed by atoms with Gasteiger partial charge in [-0.1, -0.05) is 55.4 Å². The Kier molecular flexibility index (Phi) is 14.5. The van der Waals surface area contributed by atoms with Crippen molar-refractivity contribution >= 4 is 30.2 Å². The van der Waals surface area contributed by atoms with Crippen LogP contribution in [-0.4, -0.2) is 81.0 Å². The molecule has 5 fully saturated rings. The molecule has 55 heavy (non-hydrogen) atoms. The molecule has 0 heterocycles. The number of hydrogen-bond donors (Lipinski definition) is 2. The number of nitrogens with one attached hydrogen (secondary N) is 2. The lowest BCUT2D eigenvalue weighted by Crippen LogP contribution is -2.60. The number of esters is 1. The van der Waals surface area contributed by atoms with Gasteiger partial charge >= 0.3 is 5.97 Å². The fourth-order valence-corrected chi connectivity index (χ4v) is 12.5. The topological polar surface area (TPSA) is 122 Å². The number of amides is 1. The van der Waals surface area contributed by atoms with Gasteiger partial charge in [0.1, 0.15) is 18.7 Å². The molecule has 6 aliphatic carbocycles. The monoisotopic (exact) mass is 768 g/mol. The highest BCUT2D eigenvalue weighted by molar-refractivity contribution is 6.03. The highest BCUT2D eigenvalue weighted by Crippen LogP contribution is 2.71. The molecular weight excluding hydrogens is 691 g/mol. The van der Waals surface area contributed by atoms with Crippen molar-refractivity contribution in [3.63, 3.8) is 0 Å². The molecule has 12 atom stereocenters. The number of Topliss-reactive ketones (excluding diaryl/α,β-unsaturated/α-hetero) is 1. The van der Waals surface area contributed by atoms with Crippen LogP contribution in [-0.2, 0) is 28.7 Å². The number of fused-ring (bicyclic) bond motifs is 7. The van der Waals surface area contributed by atoms with Crippen LogP contribution < -0.4 is 10.6 Å². The number of nitrogens with zero attached hydrogens (tertiary/aromatic N) is 1. The van der Waals surface area contributed by atoms with Gasteiger partial charge < -0.3 is 29.9 Å². The first kappa shape index (κ1) is 45.3. The third kappa shape index (κ3) is 8.31. The molecule has 2 N–H and O–H groups in total. The Morgan fingerprint density at radius 2 is 1.56 bits per heavy atom. The van der Waals surface area contributed by atoms with Crippen molar-refractivity contribution in [3.05, 3.63) is 11.1 Å². The SMILES string of the molecule is CC.CC(C)C1=C2C3CCC4C(C)(CCC5C(C)C(OC(=O)C6CC(C=O)C6C)CCC54C)C3CCC2(C=O)CC1=O.CNC(C)(C)C(=O)NCCN(C)C. The molecule has 0 aliphatic heterocycles. The van der Waals surface area contributed by atoms with E-state index in [9.17, 15) is 24.0 Å². The molecule has 6 rings (SSSR count). The maximum atomic E-state index is 13.2. The Hall–Kier alpha value is -2.39.